The molecule has 0 radical (unpaired) electrons. The quantitative estimate of drug-likeness (QED) is 0.189. The van der Waals surface area contributed by atoms with Crippen molar-refractivity contribution in [2.75, 3.05) is 0 Å². The van der Waals surface area contributed by atoms with Gasteiger partial charge < -0.3 is 12.4 Å². The van der Waals surface area contributed by atoms with Gasteiger partial charge in [0.1, 0.15) is 0 Å². The summed E-state index contributed by atoms with van der Waals surface area (Å²) in [4.78, 5) is 0. The number of oxime groups is 1. The second kappa shape index (κ2) is 5.43. The average Bonchev–Trinajstić information content (AvgIpc) is 2.04. The molecule has 0 aliphatic heterocycles. The Hall–Kier alpha value is -0.220. The van der Waals surface area contributed by atoms with Crippen LogP contribution in [0.3, 0.4) is 0 Å². The molecule has 5 heteroatoms. The van der Waals surface area contributed by atoms with Gasteiger partial charge in [-0.1, -0.05) is 28.9 Å². The Labute approximate surface area is 99.0 Å². The van der Waals surface area contributed by atoms with Crippen molar-refractivity contribution in [3.05, 3.63) is 34.9 Å². The first kappa shape index (κ1) is 11.8. The van der Waals surface area contributed by atoms with Crippen molar-refractivity contribution >= 4 is 17.4 Å². The molecule has 0 spiro atoms. The van der Waals surface area contributed by atoms with Crippen LogP contribution in [0.5, 0.6) is 0 Å². The minimum atomic E-state index is 0. The number of rotatable bonds is 1. The van der Waals surface area contributed by atoms with Crippen molar-refractivity contribution in [3.8, 4) is 0 Å². The fourth-order valence-corrected chi connectivity index (χ4v) is 0.955. The van der Waals surface area contributed by atoms with E-state index in [1.807, 2.05) is 0 Å². The Morgan fingerprint density at radius 3 is 2.58 bits per heavy atom. The van der Waals surface area contributed by atoms with Crippen LogP contribution in [0.25, 0.3) is 0 Å². The maximum atomic E-state index is 8.32. The van der Waals surface area contributed by atoms with Crippen LogP contribution < -0.4 is 35.3 Å². The predicted octanol–water partition coefficient (Wildman–Crippen LogP) is -1.45. The number of nitrogens with zero attached hydrogens (tertiary/aromatic N) is 1. The van der Waals surface area contributed by atoms with Gasteiger partial charge in [-0.2, -0.15) is 0 Å². The summed E-state index contributed by atoms with van der Waals surface area (Å²) >= 11 is 5.73. The molecular formula is C7H8ClN2NaO. The first-order valence-corrected chi connectivity index (χ1v) is 3.36. The van der Waals surface area contributed by atoms with E-state index in [1.165, 1.54) is 0 Å². The van der Waals surface area contributed by atoms with E-state index in [0.29, 0.717) is 10.6 Å². The van der Waals surface area contributed by atoms with Crippen molar-refractivity contribution in [2.24, 2.45) is 10.9 Å². The summed E-state index contributed by atoms with van der Waals surface area (Å²) in [6.07, 6.45) is 0. The molecule has 0 amide bonds. The summed E-state index contributed by atoms with van der Waals surface area (Å²) < 4.78 is 0. The van der Waals surface area contributed by atoms with Gasteiger partial charge in [-0.15, -0.1) is 0 Å². The van der Waals surface area contributed by atoms with Crippen LogP contribution in [0.4, 0.5) is 0 Å². The molecule has 1 aromatic carbocycles. The van der Waals surface area contributed by atoms with E-state index in [0.717, 1.165) is 0 Å². The van der Waals surface area contributed by atoms with Gasteiger partial charge in [0.2, 0.25) is 0 Å². The van der Waals surface area contributed by atoms with E-state index in [-0.39, 0.29) is 36.8 Å². The number of nitrogens with two attached hydrogens (primary N) is 1. The molecule has 3 N–H and O–H groups in total. The maximum Gasteiger partial charge on any atom is 1.00 e. The predicted molar refractivity (Wildman–Crippen MR) is 45.1 cm³/mol. The number of benzene rings is 1. The second-order valence-electron chi connectivity index (χ2n) is 1.97. The molecule has 12 heavy (non-hydrogen) atoms. The summed E-state index contributed by atoms with van der Waals surface area (Å²) in [5.74, 6) is 0.0237. The molecule has 0 aliphatic carbocycles. The fourth-order valence-electron chi connectivity index (χ4n) is 0.723. The zero-order valence-electron chi connectivity index (χ0n) is 7.66. The first-order valence-electron chi connectivity index (χ1n) is 2.98. The number of hydrogen-bond acceptors (Lipinski definition) is 2. The second-order valence-corrected chi connectivity index (χ2v) is 2.37. The van der Waals surface area contributed by atoms with E-state index in [9.17, 15) is 0 Å². The van der Waals surface area contributed by atoms with Crippen molar-refractivity contribution in [1.82, 2.24) is 0 Å². The van der Waals surface area contributed by atoms with Crippen LogP contribution in [0, 0.1) is 0 Å². The zero-order chi connectivity index (χ0) is 8.27. The largest absolute Gasteiger partial charge is 1.00 e. The summed E-state index contributed by atoms with van der Waals surface area (Å²) in [6, 6.07) is 6.89. The van der Waals surface area contributed by atoms with Crippen LogP contribution in [0.15, 0.2) is 29.4 Å². The van der Waals surface area contributed by atoms with Gasteiger partial charge in [0.15, 0.2) is 5.84 Å². The Morgan fingerprint density at radius 1 is 1.50 bits per heavy atom. The van der Waals surface area contributed by atoms with E-state index < -0.39 is 0 Å². The monoisotopic (exact) mass is 194 g/mol. The minimum Gasteiger partial charge on any atom is -1.00 e. The molecule has 0 saturated heterocycles. The van der Waals surface area contributed by atoms with Gasteiger partial charge in [0.05, 0.1) is 5.02 Å². The summed E-state index contributed by atoms with van der Waals surface area (Å²) in [5, 5.41) is 11.6. The van der Waals surface area contributed by atoms with Crippen LogP contribution in [-0.4, -0.2) is 11.0 Å². The SMILES string of the molecule is NC(=NO)c1ccccc1Cl.[H-].[Na+]. The molecule has 3 nitrogen and oxygen atoms in total. The third kappa shape index (κ3) is 2.68. The molecule has 60 valence electrons. The van der Waals surface area contributed by atoms with Crippen molar-refractivity contribution in [3.63, 3.8) is 0 Å². The van der Waals surface area contributed by atoms with Crippen LogP contribution in [0.1, 0.15) is 6.99 Å². The van der Waals surface area contributed by atoms with Crippen LogP contribution in [0.2, 0.25) is 5.02 Å². The normalized spacial score (nSPS) is 10.6. The van der Waals surface area contributed by atoms with Gasteiger partial charge >= 0.3 is 29.6 Å². The van der Waals surface area contributed by atoms with Gasteiger partial charge in [-0.05, 0) is 12.1 Å². The number of amidine groups is 1. The summed E-state index contributed by atoms with van der Waals surface area (Å²) in [5.41, 5.74) is 5.85. The molecule has 0 saturated carbocycles. The van der Waals surface area contributed by atoms with Crippen LogP contribution in [-0.2, 0) is 0 Å². The maximum absolute atomic E-state index is 8.32. The van der Waals surface area contributed by atoms with Crippen molar-refractivity contribution < 1.29 is 36.2 Å². The van der Waals surface area contributed by atoms with Gasteiger partial charge in [0, 0.05) is 5.56 Å². The molecule has 0 aliphatic rings. The van der Waals surface area contributed by atoms with E-state index in [4.69, 9.17) is 22.5 Å². The van der Waals surface area contributed by atoms with Crippen molar-refractivity contribution in [2.45, 2.75) is 0 Å². The molecule has 1 aromatic rings. The topological polar surface area (TPSA) is 58.6 Å². The van der Waals surface area contributed by atoms with E-state index >= 15 is 0 Å². The summed E-state index contributed by atoms with van der Waals surface area (Å²) in [7, 11) is 0. The van der Waals surface area contributed by atoms with Crippen LogP contribution >= 0.6 is 11.6 Å². The van der Waals surface area contributed by atoms with E-state index in [1.54, 1.807) is 24.3 Å². The molecule has 0 aromatic heterocycles. The molecular weight excluding hydrogens is 187 g/mol. The number of halogens is 1. The van der Waals surface area contributed by atoms with Gasteiger partial charge in [-0.25, -0.2) is 0 Å². The third-order valence-electron chi connectivity index (χ3n) is 1.26. The minimum absolute atomic E-state index is 0. The van der Waals surface area contributed by atoms with Gasteiger partial charge in [0.25, 0.3) is 0 Å². The molecule has 0 bridgehead atoms. The zero-order valence-corrected chi connectivity index (χ0v) is 9.42. The van der Waals surface area contributed by atoms with Gasteiger partial charge in [-0.3, -0.25) is 0 Å². The standard InChI is InChI=1S/C7H7ClN2O.Na.H/c8-6-4-2-1-3-5(6)7(9)10-11;;/h1-4,11H,(H2,9,10);;/q;+1;-1. The molecule has 0 unspecified atom stereocenters. The Bertz CT molecular complexity index is 296. The average molecular weight is 195 g/mol. The van der Waals surface area contributed by atoms with E-state index in [2.05, 4.69) is 5.16 Å². The Kier molecular flexibility index (Phi) is 5.33. The molecule has 0 heterocycles. The Balaban J connectivity index is 0. The smallest absolute Gasteiger partial charge is 1.00 e. The fraction of sp³-hybridized carbons (Fsp3) is 0. The Morgan fingerprint density at radius 2 is 2.08 bits per heavy atom. The number of hydrogen-bond donors (Lipinski definition) is 2. The third-order valence-corrected chi connectivity index (χ3v) is 1.59. The molecule has 1 rings (SSSR count). The molecule has 0 atom stereocenters. The van der Waals surface area contributed by atoms with Crippen molar-refractivity contribution in [1.29, 1.82) is 0 Å². The molecule has 0 fully saturated rings. The summed E-state index contributed by atoms with van der Waals surface area (Å²) in [6.45, 7) is 0. The first-order chi connectivity index (χ1) is 5.25.